The predicted octanol–water partition coefficient (Wildman–Crippen LogP) is 3.01. The summed E-state index contributed by atoms with van der Waals surface area (Å²) in [4.78, 5) is 25.5. The number of likely N-dealkylation sites (N-methyl/N-ethyl adjacent to an activating group) is 1. The third kappa shape index (κ3) is 4.39. The number of nitrogens with two attached hydrogens (primary N) is 1. The first-order valence-electron chi connectivity index (χ1n) is 7.59. The van der Waals surface area contributed by atoms with Gasteiger partial charge in [-0.15, -0.1) is 11.3 Å². The van der Waals surface area contributed by atoms with Gasteiger partial charge in [-0.2, -0.15) is 0 Å². The van der Waals surface area contributed by atoms with Crippen LogP contribution in [0.2, 0.25) is 0 Å². The molecule has 1 heterocycles. The average Bonchev–Trinajstić information content (AvgIpc) is 3.01. The van der Waals surface area contributed by atoms with E-state index in [9.17, 15) is 14.0 Å². The molecule has 0 aliphatic carbocycles. The quantitative estimate of drug-likeness (QED) is 0.807. The molecule has 128 valence electrons. The lowest BCUT2D eigenvalue weighted by atomic mass is 10.1. The second-order valence-corrected chi connectivity index (χ2v) is 6.28. The van der Waals surface area contributed by atoms with Crippen molar-refractivity contribution in [3.8, 4) is 0 Å². The Hall–Kier alpha value is -2.25. The first-order chi connectivity index (χ1) is 11.4. The van der Waals surface area contributed by atoms with Crippen LogP contribution in [-0.2, 0) is 4.79 Å². The Morgan fingerprint density at radius 2 is 1.96 bits per heavy atom. The van der Waals surface area contributed by atoms with Crippen LogP contribution in [0.5, 0.6) is 0 Å². The predicted molar refractivity (Wildman–Crippen MR) is 93.5 cm³/mol. The van der Waals surface area contributed by atoms with Crippen LogP contribution in [0.25, 0.3) is 0 Å². The molecular formula is C17H20FN3O2S. The van der Waals surface area contributed by atoms with Gasteiger partial charge in [-0.25, -0.2) is 4.39 Å². The summed E-state index contributed by atoms with van der Waals surface area (Å²) in [6.07, 6.45) is 0. The van der Waals surface area contributed by atoms with Crippen LogP contribution in [-0.4, -0.2) is 29.8 Å². The van der Waals surface area contributed by atoms with E-state index in [0.717, 1.165) is 5.56 Å². The molecule has 2 amide bonds. The van der Waals surface area contributed by atoms with Gasteiger partial charge >= 0.3 is 0 Å². The molecule has 1 aromatic carbocycles. The zero-order valence-corrected chi connectivity index (χ0v) is 14.4. The number of hydrogen-bond acceptors (Lipinski definition) is 4. The molecule has 0 unspecified atom stereocenters. The minimum atomic E-state index is -0.571. The van der Waals surface area contributed by atoms with Gasteiger partial charge in [-0.3, -0.25) is 14.5 Å². The van der Waals surface area contributed by atoms with Crippen LogP contribution in [0.3, 0.4) is 0 Å². The number of thiophene rings is 1. The Balaban J connectivity index is 2.03. The van der Waals surface area contributed by atoms with Crippen molar-refractivity contribution >= 4 is 28.2 Å². The van der Waals surface area contributed by atoms with Crippen molar-refractivity contribution in [2.75, 3.05) is 18.4 Å². The number of halogens is 1. The van der Waals surface area contributed by atoms with Crippen LogP contribution in [0, 0.1) is 5.82 Å². The summed E-state index contributed by atoms with van der Waals surface area (Å²) in [5.74, 6) is -1.09. The highest BCUT2D eigenvalue weighted by molar-refractivity contribution is 7.14. The number of rotatable bonds is 7. The van der Waals surface area contributed by atoms with Crippen LogP contribution in [0.1, 0.15) is 35.8 Å². The minimum Gasteiger partial charge on any atom is -0.366 e. The number of anilines is 1. The number of nitrogens with zero attached hydrogens (tertiary/aromatic N) is 1. The SMILES string of the molecule is CCN(CC(=O)Nc1sccc1C(N)=O)[C@H](C)c1ccc(F)cc1. The van der Waals surface area contributed by atoms with Crippen LogP contribution in [0.15, 0.2) is 35.7 Å². The van der Waals surface area contributed by atoms with Crippen molar-refractivity contribution in [2.24, 2.45) is 5.73 Å². The topological polar surface area (TPSA) is 75.4 Å². The van der Waals surface area contributed by atoms with Gasteiger partial charge in [0.15, 0.2) is 0 Å². The van der Waals surface area contributed by atoms with Gasteiger partial charge in [0.2, 0.25) is 5.91 Å². The second-order valence-electron chi connectivity index (χ2n) is 5.37. The Morgan fingerprint density at radius 3 is 2.54 bits per heavy atom. The van der Waals surface area contributed by atoms with Gasteiger partial charge in [0.05, 0.1) is 12.1 Å². The fourth-order valence-electron chi connectivity index (χ4n) is 2.43. The van der Waals surface area contributed by atoms with E-state index in [4.69, 9.17) is 5.73 Å². The average molecular weight is 349 g/mol. The van der Waals surface area contributed by atoms with E-state index in [1.54, 1.807) is 23.6 Å². The van der Waals surface area contributed by atoms with E-state index in [2.05, 4.69) is 5.32 Å². The number of hydrogen-bond donors (Lipinski definition) is 2. The number of amides is 2. The summed E-state index contributed by atoms with van der Waals surface area (Å²) in [6.45, 7) is 4.72. The lowest BCUT2D eigenvalue weighted by molar-refractivity contribution is -0.117. The third-order valence-electron chi connectivity index (χ3n) is 3.84. The van der Waals surface area contributed by atoms with Gasteiger partial charge in [0.1, 0.15) is 10.8 Å². The summed E-state index contributed by atoms with van der Waals surface area (Å²) in [6, 6.07) is 7.78. The number of carbonyl (C=O) groups is 2. The maximum atomic E-state index is 13.0. The lowest BCUT2D eigenvalue weighted by Crippen LogP contribution is -2.35. The lowest BCUT2D eigenvalue weighted by Gasteiger charge is -2.27. The van der Waals surface area contributed by atoms with Crippen LogP contribution >= 0.6 is 11.3 Å². The van der Waals surface area contributed by atoms with E-state index in [-0.39, 0.29) is 24.3 Å². The van der Waals surface area contributed by atoms with Crippen molar-refractivity contribution in [3.05, 3.63) is 52.7 Å². The van der Waals surface area contributed by atoms with E-state index in [1.807, 2.05) is 18.7 Å². The van der Waals surface area contributed by atoms with Crippen molar-refractivity contribution in [3.63, 3.8) is 0 Å². The molecule has 2 rings (SSSR count). The maximum Gasteiger partial charge on any atom is 0.251 e. The molecule has 1 atom stereocenters. The fourth-order valence-corrected chi connectivity index (χ4v) is 3.23. The fraction of sp³-hybridized carbons (Fsp3) is 0.294. The zero-order valence-electron chi connectivity index (χ0n) is 13.6. The molecule has 0 spiro atoms. The molecular weight excluding hydrogens is 329 g/mol. The van der Waals surface area contributed by atoms with E-state index in [0.29, 0.717) is 17.1 Å². The highest BCUT2D eigenvalue weighted by atomic mass is 32.1. The molecule has 0 aliphatic rings. The van der Waals surface area contributed by atoms with Crippen LogP contribution in [0.4, 0.5) is 9.39 Å². The molecule has 0 aliphatic heterocycles. The molecule has 5 nitrogen and oxygen atoms in total. The third-order valence-corrected chi connectivity index (χ3v) is 4.67. The summed E-state index contributed by atoms with van der Waals surface area (Å²) in [5.41, 5.74) is 6.51. The van der Waals surface area contributed by atoms with E-state index < -0.39 is 5.91 Å². The molecule has 0 radical (unpaired) electrons. The summed E-state index contributed by atoms with van der Waals surface area (Å²) < 4.78 is 13.0. The first-order valence-corrected chi connectivity index (χ1v) is 8.47. The summed E-state index contributed by atoms with van der Waals surface area (Å²) >= 11 is 1.25. The molecule has 0 saturated carbocycles. The number of nitrogens with one attached hydrogen (secondary N) is 1. The Labute approximate surface area is 144 Å². The Bertz CT molecular complexity index is 715. The first kappa shape index (κ1) is 18.1. The maximum absolute atomic E-state index is 13.0. The van der Waals surface area contributed by atoms with Crippen molar-refractivity contribution in [1.82, 2.24) is 4.90 Å². The van der Waals surface area contributed by atoms with Gasteiger partial charge in [0, 0.05) is 6.04 Å². The van der Waals surface area contributed by atoms with Gasteiger partial charge in [0.25, 0.3) is 5.91 Å². The van der Waals surface area contributed by atoms with E-state index in [1.165, 1.54) is 23.5 Å². The van der Waals surface area contributed by atoms with Crippen molar-refractivity contribution in [1.29, 1.82) is 0 Å². The summed E-state index contributed by atoms with van der Waals surface area (Å²) in [5, 5.41) is 4.89. The number of primary amides is 1. The van der Waals surface area contributed by atoms with Gasteiger partial charge in [-0.05, 0) is 42.6 Å². The molecule has 7 heteroatoms. The highest BCUT2D eigenvalue weighted by Crippen LogP contribution is 2.24. The number of carbonyl (C=O) groups excluding carboxylic acids is 2. The molecule has 24 heavy (non-hydrogen) atoms. The normalized spacial score (nSPS) is 12.2. The Kier molecular flexibility index (Phi) is 6.05. The smallest absolute Gasteiger partial charge is 0.251 e. The Morgan fingerprint density at radius 1 is 1.29 bits per heavy atom. The molecule has 0 bridgehead atoms. The van der Waals surface area contributed by atoms with Gasteiger partial charge in [-0.1, -0.05) is 19.1 Å². The van der Waals surface area contributed by atoms with Crippen LogP contribution < -0.4 is 11.1 Å². The standard InChI is InChI=1S/C17H20FN3O2S/c1-3-21(11(2)12-4-6-13(18)7-5-12)10-15(22)20-17-14(16(19)23)8-9-24-17/h4-9,11H,3,10H2,1-2H3,(H2,19,23)(H,20,22)/t11-/m1/s1. The van der Waals surface area contributed by atoms with Crippen molar-refractivity contribution in [2.45, 2.75) is 19.9 Å². The molecule has 3 N–H and O–H groups in total. The summed E-state index contributed by atoms with van der Waals surface area (Å²) in [7, 11) is 0. The second kappa shape index (κ2) is 8.03. The largest absolute Gasteiger partial charge is 0.366 e. The van der Waals surface area contributed by atoms with Crippen molar-refractivity contribution < 1.29 is 14.0 Å². The molecule has 2 aromatic rings. The molecule has 0 fully saturated rings. The highest BCUT2D eigenvalue weighted by Gasteiger charge is 2.19. The monoisotopic (exact) mass is 349 g/mol. The number of benzene rings is 1. The minimum absolute atomic E-state index is 0.0414. The van der Waals surface area contributed by atoms with Gasteiger partial charge < -0.3 is 11.1 Å². The zero-order chi connectivity index (χ0) is 17.7. The molecule has 0 saturated heterocycles. The molecule has 1 aromatic heterocycles. The van der Waals surface area contributed by atoms with E-state index >= 15 is 0 Å².